The van der Waals surface area contributed by atoms with E-state index in [0.717, 1.165) is 42.7 Å². The van der Waals surface area contributed by atoms with Crippen LogP contribution in [0.2, 0.25) is 15.1 Å². The molecule has 1 aliphatic heterocycles. The van der Waals surface area contributed by atoms with Crippen LogP contribution >= 0.6 is 34.8 Å². The van der Waals surface area contributed by atoms with Crippen LogP contribution in [0.1, 0.15) is 18.9 Å². The fourth-order valence-corrected chi connectivity index (χ4v) is 4.83. The molecule has 0 saturated carbocycles. The van der Waals surface area contributed by atoms with Crippen molar-refractivity contribution in [1.29, 1.82) is 0 Å². The van der Waals surface area contributed by atoms with Crippen molar-refractivity contribution in [3.8, 4) is 5.69 Å². The summed E-state index contributed by atoms with van der Waals surface area (Å²) in [6.07, 6.45) is 2.95. The first-order chi connectivity index (χ1) is 15.4. The number of imidazole rings is 1. The smallest absolute Gasteiger partial charge is 0.326 e. The Labute approximate surface area is 197 Å². The first kappa shape index (κ1) is 21.1. The second-order valence-corrected chi connectivity index (χ2v) is 8.89. The number of para-hydroxylation sites is 2. The minimum Gasteiger partial charge on any atom is -0.370 e. The summed E-state index contributed by atoms with van der Waals surface area (Å²) in [6.45, 7) is 1.50. The van der Waals surface area contributed by atoms with Crippen LogP contribution in [0.4, 0.5) is 5.69 Å². The third kappa shape index (κ3) is 3.60. The van der Waals surface area contributed by atoms with E-state index < -0.39 is 5.56 Å². The number of aromatic amines is 1. The zero-order valence-corrected chi connectivity index (χ0v) is 19.0. The standard InChI is InChI=1S/C22H18Cl3N5O2/c23-15-11-14(30-21(31)20(25)16(24)12-26-30)5-6-18(15)28-9-7-13(8-10-28)29-19-4-2-1-3-17(19)27-22(29)32/h1-6,11-13H,7-10H2,(H,27,32). The molecular weight excluding hydrogens is 473 g/mol. The number of hydrogen-bond acceptors (Lipinski definition) is 4. The Balaban J connectivity index is 1.37. The molecule has 7 nitrogen and oxygen atoms in total. The van der Waals surface area contributed by atoms with E-state index in [1.54, 1.807) is 12.1 Å². The van der Waals surface area contributed by atoms with Crippen LogP contribution in [-0.4, -0.2) is 32.4 Å². The fraction of sp³-hybridized carbons (Fsp3) is 0.227. The van der Waals surface area contributed by atoms with Gasteiger partial charge in [0.05, 0.1) is 38.7 Å². The van der Waals surface area contributed by atoms with Gasteiger partial charge in [0, 0.05) is 19.1 Å². The van der Waals surface area contributed by atoms with Crippen LogP contribution in [0.5, 0.6) is 0 Å². The van der Waals surface area contributed by atoms with Gasteiger partial charge in [0.2, 0.25) is 0 Å². The van der Waals surface area contributed by atoms with E-state index >= 15 is 0 Å². The van der Waals surface area contributed by atoms with E-state index in [2.05, 4.69) is 15.0 Å². The summed E-state index contributed by atoms with van der Waals surface area (Å²) in [4.78, 5) is 30.0. The number of nitrogens with one attached hydrogen (secondary N) is 1. The van der Waals surface area contributed by atoms with Crippen molar-refractivity contribution in [2.24, 2.45) is 0 Å². The van der Waals surface area contributed by atoms with Gasteiger partial charge in [0.25, 0.3) is 5.56 Å². The number of nitrogens with zero attached hydrogens (tertiary/aromatic N) is 4. The lowest BCUT2D eigenvalue weighted by Gasteiger charge is -2.34. The minimum absolute atomic E-state index is 0.0772. The first-order valence-electron chi connectivity index (χ1n) is 10.1. The van der Waals surface area contributed by atoms with Gasteiger partial charge in [0.15, 0.2) is 0 Å². The largest absolute Gasteiger partial charge is 0.370 e. The Morgan fingerprint density at radius 2 is 1.72 bits per heavy atom. The predicted octanol–water partition coefficient (Wildman–Crippen LogP) is 4.68. The number of H-pyrrole nitrogens is 1. The molecule has 1 saturated heterocycles. The Hall–Kier alpha value is -2.74. The van der Waals surface area contributed by atoms with Crippen LogP contribution in [-0.2, 0) is 0 Å². The van der Waals surface area contributed by atoms with E-state index in [-0.39, 0.29) is 21.8 Å². The first-order valence-corrected chi connectivity index (χ1v) is 11.2. The van der Waals surface area contributed by atoms with Gasteiger partial charge in [-0.05, 0) is 43.2 Å². The zero-order chi connectivity index (χ0) is 22.4. The van der Waals surface area contributed by atoms with Crippen molar-refractivity contribution >= 4 is 51.5 Å². The molecule has 2 aromatic heterocycles. The van der Waals surface area contributed by atoms with Gasteiger partial charge >= 0.3 is 5.69 Å². The van der Waals surface area contributed by atoms with Gasteiger partial charge in [-0.15, -0.1) is 0 Å². The molecule has 0 aliphatic carbocycles. The summed E-state index contributed by atoms with van der Waals surface area (Å²) in [5, 5.41) is 4.57. The van der Waals surface area contributed by atoms with Crippen molar-refractivity contribution in [2.75, 3.05) is 18.0 Å². The van der Waals surface area contributed by atoms with Gasteiger partial charge < -0.3 is 9.88 Å². The van der Waals surface area contributed by atoms with E-state index in [1.165, 1.54) is 10.9 Å². The second kappa shape index (κ2) is 8.31. The van der Waals surface area contributed by atoms with Crippen LogP contribution in [0.15, 0.2) is 58.3 Å². The number of halogens is 3. The van der Waals surface area contributed by atoms with Gasteiger partial charge in [-0.3, -0.25) is 9.36 Å². The Bertz CT molecular complexity index is 1430. The van der Waals surface area contributed by atoms with Gasteiger partial charge in [0.1, 0.15) is 5.02 Å². The second-order valence-electron chi connectivity index (χ2n) is 7.69. The summed E-state index contributed by atoms with van der Waals surface area (Å²) >= 11 is 18.4. The number of benzene rings is 2. The average molecular weight is 491 g/mol. The van der Waals surface area contributed by atoms with Crippen LogP contribution in [0.3, 0.4) is 0 Å². The molecule has 10 heteroatoms. The highest BCUT2D eigenvalue weighted by Gasteiger charge is 2.25. The summed E-state index contributed by atoms with van der Waals surface area (Å²) in [5.41, 5.74) is 2.57. The quantitative estimate of drug-likeness (QED) is 0.452. The number of piperidine rings is 1. The molecule has 164 valence electrons. The lowest BCUT2D eigenvalue weighted by molar-refractivity contribution is 0.396. The highest BCUT2D eigenvalue weighted by atomic mass is 35.5. The number of aromatic nitrogens is 4. The molecule has 2 aromatic carbocycles. The molecule has 1 aliphatic rings. The van der Waals surface area contributed by atoms with Crippen LogP contribution < -0.4 is 16.1 Å². The van der Waals surface area contributed by atoms with Crippen molar-refractivity contribution in [2.45, 2.75) is 18.9 Å². The lowest BCUT2D eigenvalue weighted by atomic mass is 10.0. The topological polar surface area (TPSA) is 75.9 Å². The number of hydrogen-bond donors (Lipinski definition) is 1. The maximum atomic E-state index is 12.5. The van der Waals surface area contributed by atoms with E-state index in [0.29, 0.717) is 10.7 Å². The molecular formula is C22H18Cl3N5O2. The third-order valence-electron chi connectivity index (χ3n) is 5.85. The summed E-state index contributed by atoms with van der Waals surface area (Å²) in [6, 6.07) is 13.2. The van der Waals surface area contributed by atoms with Gasteiger partial charge in [-0.2, -0.15) is 9.78 Å². The predicted molar refractivity (Wildman–Crippen MR) is 128 cm³/mol. The number of anilines is 1. The van der Waals surface area contributed by atoms with Crippen LogP contribution in [0.25, 0.3) is 16.7 Å². The van der Waals surface area contributed by atoms with E-state index in [1.807, 2.05) is 34.9 Å². The Kier molecular flexibility index (Phi) is 5.49. The lowest BCUT2D eigenvalue weighted by Crippen LogP contribution is -2.37. The minimum atomic E-state index is -0.507. The fourth-order valence-electron chi connectivity index (χ4n) is 4.28. The van der Waals surface area contributed by atoms with Crippen molar-refractivity contribution in [1.82, 2.24) is 19.3 Å². The highest BCUT2D eigenvalue weighted by molar-refractivity contribution is 6.41. The molecule has 0 radical (unpaired) electrons. The van der Waals surface area contributed by atoms with Gasteiger partial charge in [-0.1, -0.05) is 46.9 Å². The number of rotatable bonds is 3. The van der Waals surface area contributed by atoms with Crippen molar-refractivity contribution < 1.29 is 0 Å². The SMILES string of the molecule is O=c1c(Cl)c(Cl)cnn1-c1ccc(N2CCC(n3c(=O)[nH]c4ccccc43)CC2)c(Cl)c1. The summed E-state index contributed by atoms with van der Waals surface area (Å²) in [7, 11) is 0. The van der Waals surface area contributed by atoms with Gasteiger partial charge in [-0.25, -0.2) is 4.79 Å². The summed E-state index contributed by atoms with van der Waals surface area (Å²) in [5.74, 6) is 0. The third-order valence-corrected chi connectivity index (χ3v) is 6.90. The zero-order valence-electron chi connectivity index (χ0n) is 16.8. The molecule has 4 aromatic rings. The Morgan fingerprint density at radius 1 is 0.969 bits per heavy atom. The molecule has 0 unspecified atom stereocenters. The highest BCUT2D eigenvalue weighted by Crippen LogP contribution is 2.33. The maximum absolute atomic E-state index is 12.5. The molecule has 0 atom stereocenters. The molecule has 3 heterocycles. The number of fused-ring (bicyclic) bond motifs is 1. The normalized spacial score (nSPS) is 14.9. The molecule has 1 fully saturated rings. The van der Waals surface area contributed by atoms with Crippen LogP contribution in [0, 0.1) is 0 Å². The monoisotopic (exact) mass is 489 g/mol. The maximum Gasteiger partial charge on any atom is 0.326 e. The van der Waals surface area contributed by atoms with E-state index in [4.69, 9.17) is 34.8 Å². The van der Waals surface area contributed by atoms with E-state index in [9.17, 15) is 9.59 Å². The summed E-state index contributed by atoms with van der Waals surface area (Å²) < 4.78 is 3.03. The molecule has 5 rings (SSSR count). The molecule has 0 spiro atoms. The molecule has 0 bridgehead atoms. The molecule has 32 heavy (non-hydrogen) atoms. The van der Waals surface area contributed by atoms with Crippen molar-refractivity contribution in [3.05, 3.63) is 84.6 Å². The molecule has 0 amide bonds. The Morgan fingerprint density at radius 3 is 2.47 bits per heavy atom. The molecule has 1 N–H and O–H groups in total. The van der Waals surface area contributed by atoms with Crippen molar-refractivity contribution in [3.63, 3.8) is 0 Å². The average Bonchev–Trinajstić information content (AvgIpc) is 3.13.